The Morgan fingerprint density at radius 1 is 1.22 bits per heavy atom. The first-order chi connectivity index (χ1) is 8.45. The molecule has 5 heteroatoms. The number of hydrogen-bond donors (Lipinski definition) is 1. The average molecular weight is 256 g/mol. The molecule has 1 saturated heterocycles. The van der Waals surface area contributed by atoms with Crippen molar-refractivity contribution in [2.24, 2.45) is 5.92 Å². The number of carbonyl (C=O) groups is 2. The van der Waals surface area contributed by atoms with E-state index in [4.69, 9.17) is 4.74 Å². The molecule has 0 aromatic carbocycles. The van der Waals surface area contributed by atoms with Crippen LogP contribution in [0.3, 0.4) is 0 Å². The molecule has 0 spiro atoms. The summed E-state index contributed by atoms with van der Waals surface area (Å²) < 4.78 is 4.97. The third-order valence-electron chi connectivity index (χ3n) is 3.37. The van der Waals surface area contributed by atoms with Gasteiger partial charge >= 0.3 is 0 Å². The van der Waals surface area contributed by atoms with Crippen LogP contribution in [0.15, 0.2) is 0 Å². The first-order valence-corrected chi connectivity index (χ1v) is 6.57. The van der Waals surface area contributed by atoms with Gasteiger partial charge in [-0.1, -0.05) is 13.8 Å². The van der Waals surface area contributed by atoms with Crippen LogP contribution in [0.25, 0.3) is 0 Å². The highest BCUT2D eigenvalue weighted by Crippen LogP contribution is 2.13. The average Bonchev–Trinajstić information content (AvgIpc) is 2.37. The lowest BCUT2D eigenvalue weighted by atomic mass is 10.0. The van der Waals surface area contributed by atoms with Gasteiger partial charge in [-0.3, -0.25) is 9.59 Å². The maximum Gasteiger partial charge on any atom is 0.249 e. The predicted molar refractivity (Wildman–Crippen MR) is 69.1 cm³/mol. The summed E-state index contributed by atoms with van der Waals surface area (Å²) >= 11 is 0. The minimum atomic E-state index is -0.416. The van der Waals surface area contributed by atoms with E-state index in [0.717, 1.165) is 25.9 Å². The van der Waals surface area contributed by atoms with Crippen LogP contribution >= 0.6 is 0 Å². The quantitative estimate of drug-likeness (QED) is 0.809. The standard InChI is InChI=1S/C13H24N2O3/c1-9(2)13(17)15-7-5-11(6-8-15)14-12(16)10(3)18-4/h9-11H,5-8H2,1-4H3,(H,14,16). The number of nitrogens with one attached hydrogen (secondary N) is 1. The number of carbonyl (C=O) groups excluding carboxylic acids is 2. The van der Waals surface area contributed by atoms with Gasteiger partial charge in [0, 0.05) is 32.2 Å². The Kier molecular flexibility index (Phi) is 5.59. The highest BCUT2D eigenvalue weighted by Gasteiger charge is 2.25. The first-order valence-electron chi connectivity index (χ1n) is 6.57. The number of ether oxygens (including phenoxy) is 1. The Morgan fingerprint density at radius 2 is 1.78 bits per heavy atom. The zero-order chi connectivity index (χ0) is 13.7. The fourth-order valence-electron chi connectivity index (χ4n) is 2.03. The molecule has 0 radical (unpaired) electrons. The fourth-order valence-corrected chi connectivity index (χ4v) is 2.03. The van der Waals surface area contributed by atoms with Gasteiger partial charge in [0.2, 0.25) is 11.8 Å². The molecule has 0 aromatic rings. The van der Waals surface area contributed by atoms with Gasteiger partial charge in [-0.05, 0) is 19.8 Å². The van der Waals surface area contributed by atoms with Gasteiger partial charge in [0.15, 0.2) is 0 Å². The molecule has 1 rings (SSSR count). The topological polar surface area (TPSA) is 58.6 Å². The van der Waals surface area contributed by atoms with Crippen LogP contribution in [0.5, 0.6) is 0 Å². The number of rotatable bonds is 4. The molecule has 1 heterocycles. The van der Waals surface area contributed by atoms with Crippen LogP contribution in [0.1, 0.15) is 33.6 Å². The molecule has 0 bridgehead atoms. The van der Waals surface area contributed by atoms with Crippen molar-refractivity contribution in [2.75, 3.05) is 20.2 Å². The molecule has 0 aliphatic carbocycles. The lowest BCUT2D eigenvalue weighted by molar-refractivity contribution is -0.136. The zero-order valence-corrected chi connectivity index (χ0v) is 11.7. The zero-order valence-electron chi connectivity index (χ0n) is 11.7. The molecule has 1 fully saturated rings. The molecule has 1 unspecified atom stereocenters. The van der Waals surface area contributed by atoms with Crippen molar-refractivity contribution >= 4 is 11.8 Å². The number of methoxy groups -OCH3 is 1. The Bertz CT molecular complexity index is 297. The Balaban J connectivity index is 2.36. The molecule has 2 amide bonds. The summed E-state index contributed by atoms with van der Waals surface area (Å²) in [4.78, 5) is 25.3. The highest BCUT2D eigenvalue weighted by atomic mass is 16.5. The summed E-state index contributed by atoms with van der Waals surface area (Å²) in [5, 5.41) is 2.96. The van der Waals surface area contributed by atoms with Crippen LogP contribution in [0.2, 0.25) is 0 Å². The van der Waals surface area contributed by atoms with Crippen LogP contribution in [0, 0.1) is 5.92 Å². The summed E-state index contributed by atoms with van der Waals surface area (Å²) in [7, 11) is 1.52. The third-order valence-corrected chi connectivity index (χ3v) is 3.37. The van der Waals surface area contributed by atoms with Gasteiger partial charge < -0.3 is 15.0 Å². The number of likely N-dealkylation sites (tertiary alicyclic amines) is 1. The summed E-state index contributed by atoms with van der Waals surface area (Å²) in [5.74, 6) is 0.167. The predicted octanol–water partition coefficient (Wildman–Crippen LogP) is 0.784. The van der Waals surface area contributed by atoms with Crippen molar-refractivity contribution in [1.82, 2.24) is 10.2 Å². The molecular formula is C13H24N2O3. The molecule has 104 valence electrons. The minimum absolute atomic E-state index is 0.0460. The van der Waals surface area contributed by atoms with Crippen LogP contribution < -0.4 is 5.32 Å². The summed E-state index contributed by atoms with van der Waals surface area (Å²) in [6, 6.07) is 0.159. The number of piperidine rings is 1. The lowest BCUT2D eigenvalue weighted by Gasteiger charge is -2.33. The second-order valence-corrected chi connectivity index (χ2v) is 5.14. The smallest absolute Gasteiger partial charge is 0.249 e. The maximum atomic E-state index is 11.8. The van der Waals surface area contributed by atoms with Gasteiger partial charge in [0.25, 0.3) is 0 Å². The van der Waals surface area contributed by atoms with E-state index in [2.05, 4.69) is 5.32 Å². The van der Waals surface area contributed by atoms with E-state index in [0.29, 0.717) is 0 Å². The number of hydrogen-bond acceptors (Lipinski definition) is 3. The normalized spacial score (nSPS) is 18.8. The van der Waals surface area contributed by atoms with Crippen LogP contribution in [0.4, 0.5) is 0 Å². The van der Waals surface area contributed by atoms with Crippen molar-refractivity contribution in [2.45, 2.75) is 45.8 Å². The second kappa shape index (κ2) is 6.73. The molecule has 1 N–H and O–H groups in total. The molecule has 18 heavy (non-hydrogen) atoms. The molecule has 0 aromatic heterocycles. The van der Waals surface area contributed by atoms with Gasteiger partial charge in [-0.2, -0.15) is 0 Å². The van der Waals surface area contributed by atoms with E-state index in [9.17, 15) is 9.59 Å². The molecular weight excluding hydrogens is 232 g/mol. The van der Waals surface area contributed by atoms with Crippen molar-refractivity contribution in [3.8, 4) is 0 Å². The Hall–Kier alpha value is -1.10. The molecule has 1 atom stereocenters. The second-order valence-electron chi connectivity index (χ2n) is 5.14. The largest absolute Gasteiger partial charge is 0.372 e. The van der Waals surface area contributed by atoms with Gasteiger partial charge in [-0.15, -0.1) is 0 Å². The molecule has 1 aliphatic heterocycles. The highest BCUT2D eigenvalue weighted by molar-refractivity contribution is 5.81. The van der Waals surface area contributed by atoms with Gasteiger partial charge in [-0.25, -0.2) is 0 Å². The van der Waals surface area contributed by atoms with E-state index in [1.54, 1.807) is 6.92 Å². The van der Waals surface area contributed by atoms with Crippen LogP contribution in [-0.2, 0) is 14.3 Å². The van der Waals surface area contributed by atoms with E-state index in [-0.39, 0.29) is 23.8 Å². The Labute approximate surface area is 109 Å². The first kappa shape index (κ1) is 15.0. The summed E-state index contributed by atoms with van der Waals surface area (Å²) in [6.45, 7) is 7.01. The van der Waals surface area contributed by atoms with Crippen LogP contribution in [-0.4, -0.2) is 49.1 Å². The minimum Gasteiger partial charge on any atom is -0.372 e. The summed E-state index contributed by atoms with van der Waals surface area (Å²) in [6.07, 6.45) is 1.22. The number of nitrogens with zero attached hydrogens (tertiary/aromatic N) is 1. The van der Waals surface area contributed by atoms with E-state index in [1.165, 1.54) is 7.11 Å². The molecule has 1 aliphatic rings. The summed E-state index contributed by atoms with van der Waals surface area (Å²) in [5.41, 5.74) is 0. The van der Waals surface area contributed by atoms with Crippen molar-refractivity contribution in [3.05, 3.63) is 0 Å². The van der Waals surface area contributed by atoms with E-state index in [1.807, 2.05) is 18.7 Å². The Morgan fingerprint density at radius 3 is 2.22 bits per heavy atom. The van der Waals surface area contributed by atoms with E-state index < -0.39 is 6.10 Å². The van der Waals surface area contributed by atoms with Gasteiger partial charge in [0.05, 0.1) is 0 Å². The number of amides is 2. The maximum absolute atomic E-state index is 11.8. The van der Waals surface area contributed by atoms with Crippen molar-refractivity contribution in [3.63, 3.8) is 0 Å². The fraction of sp³-hybridized carbons (Fsp3) is 0.846. The van der Waals surface area contributed by atoms with Crippen molar-refractivity contribution < 1.29 is 14.3 Å². The molecule has 0 saturated carbocycles. The monoisotopic (exact) mass is 256 g/mol. The third kappa shape index (κ3) is 3.98. The molecule has 5 nitrogen and oxygen atoms in total. The SMILES string of the molecule is COC(C)C(=O)NC1CCN(C(=O)C(C)C)CC1. The van der Waals surface area contributed by atoms with E-state index >= 15 is 0 Å². The van der Waals surface area contributed by atoms with Crippen molar-refractivity contribution in [1.29, 1.82) is 0 Å². The van der Waals surface area contributed by atoms with Gasteiger partial charge in [0.1, 0.15) is 6.10 Å². The lowest BCUT2D eigenvalue weighted by Crippen LogP contribution is -2.49.